The van der Waals surface area contributed by atoms with E-state index in [1.165, 1.54) is 11.3 Å². The minimum atomic E-state index is 0.646. The highest BCUT2D eigenvalue weighted by Crippen LogP contribution is 2.26. The van der Waals surface area contributed by atoms with Gasteiger partial charge in [0.15, 0.2) is 0 Å². The van der Waals surface area contributed by atoms with Gasteiger partial charge in [0.1, 0.15) is 0 Å². The van der Waals surface area contributed by atoms with Gasteiger partial charge in [-0.15, -0.1) is 11.8 Å². The average molecular weight is 196 g/mol. The van der Waals surface area contributed by atoms with Crippen molar-refractivity contribution in [2.24, 2.45) is 5.73 Å². The second kappa shape index (κ2) is 6.00. The standard InChI is InChI=1S/C10H16N2S/c1-2-9(3-6-11)13-10-4-7-12-8-5-10/h4-5,7-9H,2-3,6,11H2,1H3. The summed E-state index contributed by atoms with van der Waals surface area (Å²) in [4.78, 5) is 5.27. The molecule has 0 spiro atoms. The van der Waals surface area contributed by atoms with E-state index in [1.54, 1.807) is 0 Å². The highest BCUT2D eigenvalue weighted by molar-refractivity contribution is 8.00. The van der Waals surface area contributed by atoms with Crippen LogP contribution in [0.1, 0.15) is 19.8 Å². The fourth-order valence-electron chi connectivity index (χ4n) is 1.14. The molecule has 0 aliphatic rings. The van der Waals surface area contributed by atoms with Gasteiger partial charge in [-0.1, -0.05) is 6.92 Å². The molecule has 1 aromatic rings. The molecule has 1 unspecified atom stereocenters. The molecule has 1 aromatic heterocycles. The maximum atomic E-state index is 5.53. The van der Waals surface area contributed by atoms with Gasteiger partial charge in [-0.2, -0.15) is 0 Å². The quantitative estimate of drug-likeness (QED) is 0.734. The van der Waals surface area contributed by atoms with Crippen LogP contribution in [0, 0.1) is 0 Å². The third kappa shape index (κ3) is 3.79. The van der Waals surface area contributed by atoms with Crippen molar-refractivity contribution in [1.82, 2.24) is 4.98 Å². The molecule has 0 bridgehead atoms. The Morgan fingerprint density at radius 1 is 1.46 bits per heavy atom. The molecule has 1 heterocycles. The molecular weight excluding hydrogens is 180 g/mol. The minimum Gasteiger partial charge on any atom is -0.330 e. The van der Waals surface area contributed by atoms with Crippen LogP contribution in [0.15, 0.2) is 29.4 Å². The molecule has 13 heavy (non-hydrogen) atoms. The van der Waals surface area contributed by atoms with Crippen LogP contribution in [0.2, 0.25) is 0 Å². The molecule has 0 amide bonds. The minimum absolute atomic E-state index is 0.646. The van der Waals surface area contributed by atoms with Gasteiger partial charge < -0.3 is 5.73 Å². The lowest BCUT2D eigenvalue weighted by Gasteiger charge is -2.12. The van der Waals surface area contributed by atoms with Crippen molar-refractivity contribution in [2.45, 2.75) is 29.9 Å². The van der Waals surface area contributed by atoms with Crippen LogP contribution in [0.3, 0.4) is 0 Å². The van der Waals surface area contributed by atoms with Gasteiger partial charge in [-0.25, -0.2) is 0 Å². The van der Waals surface area contributed by atoms with E-state index >= 15 is 0 Å². The molecule has 0 aliphatic carbocycles. The Morgan fingerprint density at radius 2 is 2.15 bits per heavy atom. The normalized spacial score (nSPS) is 12.8. The van der Waals surface area contributed by atoms with Crippen LogP contribution in [0.25, 0.3) is 0 Å². The van der Waals surface area contributed by atoms with Gasteiger partial charge >= 0.3 is 0 Å². The summed E-state index contributed by atoms with van der Waals surface area (Å²) in [7, 11) is 0. The molecule has 2 nitrogen and oxygen atoms in total. The SMILES string of the molecule is CCC(CCN)Sc1ccncc1. The number of aromatic nitrogens is 1. The van der Waals surface area contributed by atoms with E-state index in [-0.39, 0.29) is 0 Å². The second-order valence-electron chi connectivity index (χ2n) is 2.91. The molecule has 0 aliphatic heterocycles. The highest BCUT2D eigenvalue weighted by atomic mass is 32.2. The molecule has 0 saturated carbocycles. The van der Waals surface area contributed by atoms with Gasteiger partial charge in [0, 0.05) is 22.5 Å². The Bertz CT molecular complexity index is 226. The smallest absolute Gasteiger partial charge is 0.0278 e. The molecule has 0 radical (unpaired) electrons. The first-order chi connectivity index (χ1) is 6.36. The second-order valence-corrected chi connectivity index (χ2v) is 4.28. The molecule has 2 N–H and O–H groups in total. The Morgan fingerprint density at radius 3 is 2.69 bits per heavy atom. The van der Waals surface area contributed by atoms with Crippen molar-refractivity contribution in [1.29, 1.82) is 0 Å². The Labute approximate surface area is 83.9 Å². The molecule has 0 saturated heterocycles. The molecule has 0 fully saturated rings. The summed E-state index contributed by atoms with van der Waals surface area (Å²) in [5, 5.41) is 0.646. The Hall–Kier alpha value is -0.540. The summed E-state index contributed by atoms with van der Waals surface area (Å²) < 4.78 is 0. The lowest BCUT2D eigenvalue weighted by molar-refractivity contribution is 0.745. The van der Waals surface area contributed by atoms with Gasteiger partial charge in [-0.3, -0.25) is 4.98 Å². The number of hydrogen-bond donors (Lipinski definition) is 1. The average Bonchev–Trinajstić information content (AvgIpc) is 2.19. The lowest BCUT2D eigenvalue weighted by Crippen LogP contribution is -2.09. The van der Waals surface area contributed by atoms with Crippen molar-refractivity contribution in [2.75, 3.05) is 6.54 Å². The van der Waals surface area contributed by atoms with Crippen molar-refractivity contribution < 1.29 is 0 Å². The maximum absolute atomic E-state index is 5.53. The fourth-order valence-corrected chi connectivity index (χ4v) is 2.23. The van der Waals surface area contributed by atoms with E-state index in [0.717, 1.165) is 13.0 Å². The third-order valence-electron chi connectivity index (χ3n) is 1.90. The number of nitrogens with zero attached hydrogens (tertiary/aromatic N) is 1. The van der Waals surface area contributed by atoms with Crippen molar-refractivity contribution in [3.05, 3.63) is 24.5 Å². The first kappa shape index (κ1) is 10.5. The predicted octanol–water partition coefficient (Wildman–Crippen LogP) is 2.30. The van der Waals surface area contributed by atoms with E-state index in [4.69, 9.17) is 5.73 Å². The lowest BCUT2D eigenvalue weighted by atomic mass is 10.2. The van der Waals surface area contributed by atoms with Crippen LogP contribution in [-0.2, 0) is 0 Å². The van der Waals surface area contributed by atoms with E-state index < -0.39 is 0 Å². The molecule has 0 aromatic carbocycles. The fraction of sp³-hybridized carbons (Fsp3) is 0.500. The first-order valence-electron chi connectivity index (χ1n) is 4.63. The molecule has 1 rings (SSSR count). The molecule has 72 valence electrons. The molecular formula is C10H16N2S. The van der Waals surface area contributed by atoms with E-state index in [9.17, 15) is 0 Å². The topological polar surface area (TPSA) is 38.9 Å². The zero-order valence-corrected chi connectivity index (χ0v) is 8.76. The van der Waals surface area contributed by atoms with Crippen LogP contribution in [0.4, 0.5) is 0 Å². The summed E-state index contributed by atoms with van der Waals surface area (Å²) >= 11 is 1.89. The van der Waals surface area contributed by atoms with E-state index in [0.29, 0.717) is 5.25 Å². The first-order valence-corrected chi connectivity index (χ1v) is 5.51. The van der Waals surface area contributed by atoms with E-state index in [1.807, 2.05) is 36.3 Å². The number of thioether (sulfide) groups is 1. The Balaban J connectivity index is 2.46. The molecule has 1 atom stereocenters. The predicted molar refractivity (Wildman–Crippen MR) is 57.8 cm³/mol. The van der Waals surface area contributed by atoms with Crippen LogP contribution < -0.4 is 5.73 Å². The van der Waals surface area contributed by atoms with Gasteiger partial charge in [-0.05, 0) is 31.5 Å². The summed E-state index contributed by atoms with van der Waals surface area (Å²) in [5.74, 6) is 0. The largest absolute Gasteiger partial charge is 0.330 e. The summed E-state index contributed by atoms with van der Waals surface area (Å²) in [6.07, 6.45) is 5.92. The summed E-state index contributed by atoms with van der Waals surface area (Å²) in [6.45, 7) is 2.98. The Kier molecular flexibility index (Phi) is 4.86. The van der Waals surface area contributed by atoms with Gasteiger partial charge in [0.2, 0.25) is 0 Å². The van der Waals surface area contributed by atoms with Crippen LogP contribution in [-0.4, -0.2) is 16.8 Å². The van der Waals surface area contributed by atoms with Crippen molar-refractivity contribution >= 4 is 11.8 Å². The zero-order valence-electron chi connectivity index (χ0n) is 7.94. The summed E-state index contributed by atoms with van der Waals surface area (Å²) in [6, 6.07) is 4.09. The zero-order chi connectivity index (χ0) is 9.52. The number of rotatable bonds is 5. The van der Waals surface area contributed by atoms with Gasteiger partial charge in [0.25, 0.3) is 0 Å². The highest BCUT2D eigenvalue weighted by Gasteiger charge is 2.06. The van der Waals surface area contributed by atoms with Crippen molar-refractivity contribution in [3.8, 4) is 0 Å². The molecule has 3 heteroatoms. The van der Waals surface area contributed by atoms with Gasteiger partial charge in [0.05, 0.1) is 0 Å². The monoisotopic (exact) mass is 196 g/mol. The number of pyridine rings is 1. The maximum Gasteiger partial charge on any atom is 0.0278 e. The number of nitrogens with two attached hydrogens (primary N) is 1. The van der Waals surface area contributed by atoms with E-state index in [2.05, 4.69) is 11.9 Å². The third-order valence-corrected chi connectivity index (χ3v) is 3.34. The number of hydrogen-bond acceptors (Lipinski definition) is 3. The van der Waals surface area contributed by atoms with Crippen LogP contribution in [0.5, 0.6) is 0 Å². The van der Waals surface area contributed by atoms with Crippen molar-refractivity contribution in [3.63, 3.8) is 0 Å². The van der Waals surface area contributed by atoms with Crippen LogP contribution >= 0.6 is 11.8 Å². The summed E-state index contributed by atoms with van der Waals surface area (Å²) in [5.41, 5.74) is 5.53.